The van der Waals surface area contributed by atoms with Crippen LogP contribution in [0.4, 0.5) is 11.4 Å². The predicted octanol–water partition coefficient (Wildman–Crippen LogP) is 10.8. The second-order valence-electron chi connectivity index (χ2n) is 14.4. The van der Waals surface area contributed by atoms with Gasteiger partial charge in [-0.2, -0.15) is 0 Å². The number of imide groups is 1. The van der Waals surface area contributed by atoms with Crippen LogP contribution in [0.5, 0.6) is 0 Å². The Morgan fingerprint density at radius 1 is 0.647 bits per heavy atom. The Kier molecular flexibility index (Phi) is 10.1. The number of carbonyl (C=O) groups is 2. The molecule has 2 aliphatic heterocycles. The van der Waals surface area contributed by atoms with Crippen LogP contribution in [0, 0.1) is 0 Å². The molecule has 5 aromatic rings. The molecule has 7 rings (SSSR count). The standard InChI is InChI=1S/C44H44N2O3SSi/c1-5-6-7-16-28-45-37-23-14-15-25-39(37)50-40-31(18-17-24-38(40)45)30-46-41(47)35-27-26-34(29-36(35)42(46)48)44(49-51-43(2,3)4,32-19-10-8-11-20-32)33-21-12-9-13-22-33/h8-15,17-27,29H,5-7,16,28,30H2,1-4H3. The maximum Gasteiger partial charge on any atom is 0.261 e. The van der Waals surface area contributed by atoms with Crippen molar-refractivity contribution in [2.75, 3.05) is 11.4 Å². The van der Waals surface area contributed by atoms with Gasteiger partial charge in [0.05, 0.1) is 29.0 Å². The molecule has 0 saturated heterocycles. The molecule has 5 aromatic carbocycles. The van der Waals surface area contributed by atoms with Crippen LogP contribution >= 0.6 is 11.8 Å². The smallest absolute Gasteiger partial charge is 0.261 e. The van der Waals surface area contributed by atoms with Crippen LogP contribution in [-0.2, 0) is 16.6 Å². The van der Waals surface area contributed by atoms with E-state index in [0.29, 0.717) is 11.1 Å². The van der Waals surface area contributed by atoms with E-state index in [1.807, 2.05) is 54.6 Å². The maximum absolute atomic E-state index is 14.4. The Labute approximate surface area is 309 Å². The topological polar surface area (TPSA) is 49.9 Å². The quantitative estimate of drug-likeness (QED) is 0.0559. The number of hydrogen-bond acceptors (Lipinski definition) is 5. The van der Waals surface area contributed by atoms with Crippen molar-refractivity contribution in [3.05, 3.63) is 155 Å². The number of nitrogens with zero attached hydrogens (tertiary/aromatic N) is 2. The van der Waals surface area contributed by atoms with Crippen molar-refractivity contribution in [2.45, 2.75) is 80.4 Å². The number of anilines is 2. The second kappa shape index (κ2) is 14.7. The molecule has 0 atom stereocenters. The Morgan fingerprint density at radius 3 is 1.98 bits per heavy atom. The third kappa shape index (κ3) is 6.83. The number of benzene rings is 5. The molecule has 2 radical (unpaired) electrons. The molecule has 2 aliphatic rings. The van der Waals surface area contributed by atoms with Crippen LogP contribution in [0.15, 0.2) is 131 Å². The molecular weight excluding hydrogens is 665 g/mol. The largest absolute Gasteiger partial charge is 0.400 e. The molecule has 0 bridgehead atoms. The number of para-hydroxylation sites is 1. The lowest BCUT2D eigenvalue weighted by Gasteiger charge is -2.38. The monoisotopic (exact) mass is 708 g/mol. The van der Waals surface area contributed by atoms with Gasteiger partial charge in [-0.3, -0.25) is 14.5 Å². The summed E-state index contributed by atoms with van der Waals surface area (Å²) in [6.45, 7) is 9.86. The minimum atomic E-state index is -0.983. The highest BCUT2D eigenvalue weighted by molar-refractivity contribution is 7.99. The number of fused-ring (bicyclic) bond motifs is 3. The lowest BCUT2D eigenvalue weighted by molar-refractivity contribution is 0.0641. The Bertz CT molecular complexity index is 2000. The predicted molar refractivity (Wildman–Crippen MR) is 208 cm³/mol. The fraction of sp³-hybridized carbons (Fsp3) is 0.273. The molecule has 51 heavy (non-hydrogen) atoms. The van der Waals surface area contributed by atoms with Crippen molar-refractivity contribution in [3.8, 4) is 0 Å². The molecule has 0 spiro atoms. The van der Waals surface area contributed by atoms with E-state index in [-0.39, 0.29) is 33.2 Å². The lowest BCUT2D eigenvalue weighted by atomic mass is 9.79. The van der Waals surface area contributed by atoms with Gasteiger partial charge in [-0.25, -0.2) is 0 Å². The molecule has 0 N–H and O–H groups in total. The van der Waals surface area contributed by atoms with Gasteiger partial charge in [0, 0.05) is 16.3 Å². The van der Waals surface area contributed by atoms with E-state index in [1.165, 1.54) is 34.7 Å². The van der Waals surface area contributed by atoms with E-state index in [1.54, 1.807) is 11.8 Å². The molecule has 5 nitrogen and oxygen atoms in total. The zero-order valence-corrected chi connectivity index (χ0v) is 31.6. The molecule has 0 unspecified atom stereocenters. The van der Waals surface area contributed by atoms with Crippen molar-refractivity contribution >= 4 is 44.7 Å². The van der Waals surface area contributed by atoms with Crippen LogP contribution in [0.25, 0.3) is 0 Å². The van der Waals surface area contributed by atoms with Crippen molar-refractivity contribution < 1.29 is 14.0 Å². The molecule has 0 saturated carbocycles. The van der Waals surface area contributed by atoms with Gasteiger partial charge < -0.3 is 9.33 Å². The van der Waals surface area contributed by atoms with Crippen molar-refractivity contribution in [2.24, 2.45) is 0 Å². The van der Waals surface area contributed by atoms with Gasteiger partial charge in [-0.1, -0.05) is 150 Å². The van der Waals surface area contributed by atoms with E-state index in [2.05, 4.69) is 99.3 Å². The lowest BCUT2D eigenvalue weighted by Crippen LogP contribution is -2.36. The molecule has 0 aliphatic carbocycles. The van der Waals surface area contributed by atoms with Crippen molar-refractivity contribution in [1.82, 2.24) is 4.90 Å². The van der Waals surface area contributed by atoms with E-state index >= 15 is 0 Å². The van der Waals surface area contributed by atoms with Crippen LogP contribution in [0.3, 0.4) is 0 Å². The van der Waals surface area contributed by atoms with E-state index in [4.69, 9.17) is 4.43 Å². The minimum absolute atomic E-state index is 0.0907. The highest BCUT2D eigenvalue weighted by Gasteiger charge is 2.42. The van der Waals surface area contributed by atoms with Crippen LogP contribution in [0.1, 0.15) is 96.3 Å². The van der Waals surface area contributed by atoms with E-state index in [0.717, 1.165) is 45.8 Å². The van der Waals surface area contributed by atoms with Crippen molar-refractivity contribution in [1.29, 1.82) is 0 Å². The molecule has 2 heterocycles. The van der Waals surface area contributed by atoms with Crippen LogP contribution in [-0.4, -0.2) is 33.0 Å². The first kappa shape index (κ1) is 35.0. The summed E-state index contributed by atoms with van der Waals surface area (Å²) in [7, 11) is 0.163. The molecule has 0 aromatic heterocycles. The second-order valence-corrected chi connectivity index (χ2v) is 17.3. The van der Waals surface area contributed by atoms with E-state index < -0.39 is 5.60 Å². The number of unbranched alkanes of at least 4 members (excludes halogenated alkanes) is 3. The van der Waals surface area contributed by atoms with Crippen LogP contribution < -0.4 is 4.90 Å². The maximum atomic E-state index is 14.4. The minimum Gasteiger partial charge on any atom is -0.400 e. The Hall–Kier alpha value is -4.43. The summed E-state index contributed by atoms with van der Waals surface area (Å²) in [5.41, 5.74) is 5.94. The molecule has 0 fully saturated rings. The van der Waals surface area contributed by atoms with Gasteiger partial charge in [-0.05, 0) is 64.0 Å². The van der Waals surface area contributed by atoms with Gasteiger partial charge in [0.15, 0.2) is 0 Å². The fourth-order valence-corrected chi connectivity index (χ4v) is 9.05. The summed E-state index contributed by atoms with van der Waals surface area (Å²) in [6.07, 6.45) is 4.70. The van der Waals surface area contributed by atoms with Gasteiger partial charge in [0.25, 0.3) is 11.8 Å². The Morgan fingerprint density at radius 2 is 1.29 bits per heavy atom. The summed E-state index contributed by atoms with van der Waals surface area (Å²) < 4.78 is 7.05. The SMILES string of the molecule is CCCCCCN1c2ccccc2Sc2c(CN3C(=O)c4ccc(C(O[Si]C(C)(C)C)(c5ccccc5)c5ccccc5)cc4C3=O)cccc21. The number of amides is 2. The molecular formula is C44H44N2O3SSi. The first-order chi connectivity index (χ1) is 24.7. The summed E-state index contributed by atoms with van der Waals surface area (Å²) in [5, 5.41) is -0.0907. The number of carbonyl (C=O) groups excluding carboxylic acids is 2. The van der Waals surface area contributed by atoms with Crippen LogP contribution in [0.2, 0.25) is 5.04 Å². The van der Waals surface area contributed by atoms with Gasteiger partial charge >= 0.3 is 0 Å². The first-order valence-electron chi connectivity index (χ1n) is 17.9. The molecule has 2 amide bonds. The highest BCUT2D eigenvalue weighted by Crippen LogP contribution is 2.50. The third-order valence-corrected chi connectivity index (χ3v) is 11.8. The summed E-state index contributed by atoms with van der Waals surface area (Å²) in [5.74, 6) is -0.542. The Balaban J connectivity index is 1.25. The average Bonchev–Trinajstić information content (AvgIpc) is 3.38. The average molecular weight is 709 g/mol. The van der Waals surface area contributed by atoms with Gasteiger partial charge in [-0.15, -0.1) is 0 Å². The van der Waals surface area contributed by atoms with Gasteiger partial charge in [0.2, 0.25) is 9.76 Å². The third-order valence-electron chi connectivity index (χ3n) is 9.55. The fourth-order valence-electron chi connectivity index (χ4n) is 7.05. The van der Waals surface area contributed by atoms with Crippen molar-refractivity contribution in [3.63, 3.8) is 0 Å². The number of rotatable bonds is 12. The zero-order chi connectivity index (χ0) is 35.6. The summed E-state index contributed by atoms with van der Waals surface area (Å²) in [4.78, 5) is 34.6. The zero-order valence-electron chi connectivity index (χ0n) is 29.8. The van der Waals surface area contributed by atoms with Gasteiger partial charge in [0.1, 0.15) is 5.60 Å². The number of hydrogen-bond donors (Lipinski definition) is 0. The first-order valence-corrected chi connectivity index (χ1v) is 19.7. The molecule has 7 heteroatoms. The normalized spacial score (nSPS) is 14.0. The van der Waals surface area contributed by atoms with E-state index in [9.17, 15) is 9.59 Å². The summed E-state index contributed by atoms with van der Waals surface area (Å²) in [6, 6.07) is 40.9. The summed E-state index contributed by atoms with van der Waals surface area (Å²) >= 11 is 1.73. The highest BCUT2D eigenvalue weighted by atomic mass is 32.2. The molecule has 258 valence electrons.